The van der Waals surface area contributed by atoms with Crippen molar-refractivity contribution in [2.24, 2.45) is 0 Å². The highest BCUT2D eigenvalue weighted by molar-refractivity contribution is 6.30. The van der Waals surface area contributed by atoms with Crippen molar-refractivity contribution >= 4 is 17.5 Å². The van der Waals surface area contributed by atoms with Crippen molar-refractivity contribution < 1.29 is 9.53 Å². The van der Waals surface area contributed by atoms with Gasteiger partial charge in [-0.3, -0.25) is 9.69 Å². The predicted octanol–water partition coefficient (Wildman–Crippen LogP) is 4.36. The number of rotatable bonds is 6. The van der Waals surface area contributed by atoms with Crippen LogP contribution >= 0.6 is 11.6 Å². The van der Waals surface area contributed by atoms with E-state index >= 15 is 0 Å². The number of nitrogens with zero attached hydrogens (tertiary/aromatic N) is 1. The number of carbonyl (C=O) groups is 1. The molecule has 0 saturated carbocycles. The number of hydrogen-bond donors (Lipinski definition) is 1. The molecule has 1 aliphatic rings. The maximum Gasteiger partial charge on any atom is 0.234 e. The summed E-state index contributed by atoms with van der Waals surface area (Å²) >= 11 is 6.04. The van der Waals surface area contributed by atoms with Gasteiger partial charge in [-0.1, -0.05) is 35.9 Å². The largest absolute Gasteiger partial charge is 0.497 e. The lowest BCUT2D eigenvalue weighted by atomic mass is 10.0. The molecular formula is C21H25ClN2O2. The molecule has 138 valence electrons. The van der Waals surface area contributed by atoms with E-state index < -0.39 is 0 Å². The molecule has 0 aliphatic carbocycles. The van der Waals surface area contributed by atoms with Gasteiger partial charge >= 0.3 is 0 Å². The van der Waals surface area contributed by atoms with Gasteiger partial charge in [-0.2, -0.15) is 0 Å². The predicted molar refractivity (Wildman–Crippen MR) is 105 cm³/mol. The van der Waals surface area contributed by atoms with E-state index in [1.165, 1.54) is 5.56 Å². The van der Waals surface area contributed by atoms with Gasteiger partial charge in [0.15, 0.2) is 0 Å². The molecule has 3 rings (SSSR count). The molecule has 2 unspecified atom stereocenters. The fourth-order valence-electron chi connectivity index (χ4n) is 3.57. The highest BCUT2D eigenvalue weighted by atomic mass is 35.5. The fraction of sp³-hybridized carbons (Fsp3) is 0.381. The number of halogens is 1. The summed E-state index contributed by atoms with van der Waals surface area (Å²) in [6, 6.07) is 15.9. The first-order valence-electron chi connectivity index (χ1n) is 8.99. The van der Waals surface area contributed by atoms with Gasteiger partial charge in [-0.05, 0) is 61.7 Å². The lowest BCUT2D eigenvalue weighted by molar-refractivity contribution is -0.123. The van der Waals surface area contributed by atoms with Crippen LogP contribution in [0.4, 0.5) is 0 Å². The van der Waals surface area contributed by atoms with E-state index in [1.54, 1.807) is 7.11 Å². The van der Waals surface area contributed by atoms with Crippen LogP contribution in [0.25, 0.3) is 0 Å². The van der Waals surface area contributed by atoms with E-state index in [4.69, 9.17) is 16.3 Å². The van der Waals surface area contributed by atoms with E-state index in [0.717, 1.165) is 30.7 Å². The maximum atomic E-state index is 12.6. The first-order valence-corrected chi connectivity index (χ1v) is 9.37. The van der Waals surface area contributed by atoms with E-state index in [9.17, 15) is 4.79 Å². The second-order valence-electron chi connectivity index (χ2n) is 6.75. The number of ether oxygens (including phenoxy) is 1. The van der Waals surface area contributed by atoms with Crippen LogP contribution in [-0.2, 0) is 4.79 Å². The van der Waals surface area contributed by atoms with Gasteiger partial charge in [0.2, 0.25) is 5.91 Å². The van der Waals surface area contributed by atoms with Gasteiger partial charge in [-0.15, -0.1) is 0 Å². The molecular weight excluding hydrogens is 348 g/mol. The Morgan fingerprint density at radius 1 is 1.31 bits per heavy atom. The van der Waals surface area contributed by atoms with Crippen molar-refractivity contribution in [1.29, 1.82) is 0 Å². The minimum atomic E-state index is -0.0703. The van der Waals surface area contributed by atoms with Crippen LogP contribution in [-0.4, -0.2) is 31.0 Å². The number of carbonyl (C=O) groups excluding carboxylic acids is 1. The number of amides is 1. The second-order valence-corrected chi connectivity index (χ2v) is 7.19. The molecule has 1 fully saturated rings. The topological polar surface area (TPSA) is 41.6 Å². The van der Waals surface area contributed by atoms with Crippen LogP contribution in [0.5, 0.6) is 5.75 Å². The number of likely N-dealkylation sites (tertiary alicyclic amines) is 1. The average molecular weight is 373 g/mol. The molecule has 1 amide bonds. The van der Waals surface area contributed by atoms with Crippen molar-refractivity contribution in [1.82, 2.24) is 10.2 Å². The summed E-state index contributed by atoms with van der Waals surface area (Å²) in [4.78, 5) is 14.8. The summed E-state index contributed by atoms with van der Waals surface area (Å²) < 4.78 is 5.33. The summed E-state index contributed by atoms with van der Waals surface area (Å²) in [5.41, 5.74) is 2.22. The van der Waals surface area contributed by atoms with Crippen LogP contribution in [0, 0.1) is 0 Å². The summed E-state index contributed by atoms with van der Waals surface area (Å²) in [5.74, 6) is 0.889. The molecule has 2 atom stereocenters. The minimum absolute atomic E-state index is 0.0345. The van der Waals surface area contributed by atoms with Crippen molar-refractivity contribution in [2.75, 3.05) is 20.2 Å². The van der Waals surface area contributed by atoms with E-state index in [2.05, 4.69) is 22.3 Å². The Balaban J connectivity index is 1.62. The van der Waals surface area contributed by atoms with Gasteiger partial charge in [0.1, 0.15) is 5.75 Å². The first kappa shape index (κ1) is 18.7. The summed E-state index contributed by atoms with van der Waals surface area (Å²) in [5, 5.41) is 3.76. The van der Waals surface area contributed by atoms with Crippen molar-refractivity contribution in [3.63, 3.8) is 0 Å². The lowest BCUT2D eigenvalue weighted by Crippen LogP contribution is -2.38. The standard InChI is InChI=1S/C21H25ClN2O2/c1-15(16-6-3-8-18(22)12-16)23-21(25)14-24-11-5-10-20(24)17-7-4-9-19(13-17)26-2/h3-4,6-9,12-13,15,20H,5,10-11,14H2,1-2H3,(H,23,25). The highest BCUT2D eigenvalue weighted by Crippen LogP contribution is 2.33. The number of methoxy groups -OCH3 is 1. The zero-order chi connectivity index (χ0) is 18.5. The van der Waals surface area contributed by atoms with Gasteiger partial charge in [0.05, 0.1) is 19.7 Å². The summed E-state index contributed by atoms with van der Waals surface area (Å²) in [7, 11) is 1.68. The molecule has 2 aromatic carbocycles. The monoisotopic (exact) mass is 372 g/mol. The van der Waals surface area contributed by atoms with E-state index in [1.807, 2.05) is 43.3 Å². The van der Waals surface area contributed by atoms with Crippen LogP contribution < -0.4 is 10.1 Å². The SMILES string of the molecule is COc1cccc(C2CCCN2CC(=O)NC(C)c2cccc(Cl)c2)c1. The summed E-state index contributed by atoms with van der Waals surface area (Å²) in [6.07, 6.45) is 2.16. The zero-order valence-corrected chi connectivity index (χ0v) is 16.0. The summed E-state index contributed by atoms with van der Waals surface area (Å²) in [6.45, 7) is 3.31. The Morgan fingerprint density at radius 2 is 2.12 bits per heavy atom. The Hall–Kier alpha value is -2.04. The first-order chi connectivity index (χ1) is 12.6. The second kappa shape index (κ2) is 8.56. The van der Waals surface area contributed by atoms with E-state index in [-0.39, 0.29) is 18.0 Å². The highest BCUT2D eigenvalue weighted by Gasteiger charge is 2.28. The molecule has 1 N–H and O–H groups in total. The van der Waals surface area contributed by atoms with E-state index in [0.29, 0.717) is 11.6 Å². The number of nitrogens with one attached hydrogen (secondary N) is 1. The quantitative estimate of drug-likeness (QED) is 0.819. The van der Waals surface area contributed by atoms with Crippen LogP contribution in [0.15, 0.2) is 48.5 Å². The molecule has 0 bridgehead atoms. The smallest absolute Gasteiger partial charge is 0.234 e. The molecule has 1 heterocycles. The Labute approximate surface area is 160 Å². The minimum Gasteiger partial charge on any atom is -0.497 e. The van der Waals surface area contributed by atoms with Crippen LogP contribution in [0.3, 0.4) is 0 Å². The molecule has 0 spiro atoms. The third-order valence-corrected chi connectivity index (χ3v) is 5.15. The third-order valence-electron chi connectivity index (χ3n) is 4.92. The van der Waals surface area contributed by atoms with Crippen molar-refractivity contribution in [3.8, 4) is 5.75 Å². The Kier molecular flexibility index (Phi) is 6.17. The van der Waals surface area contributed by atoms with Gasteiger partial charge < -0.3 is 10.1 Å². The maximum absolute atomic E-state index is 12.6. The molecule has 1 aliphatic heterocycles. The molecule has 0 radical (unpaired) electrons. The molecule has 26 heavy (non-hydrogen) atoms. The molecule has 5 heteroatoms. The lowest BCUT2D eigenvalue weighted by Gasteiger charge is -2.25. The van der Waals surface area contributed by atoms with Crippen molar-refractivity contribution in [2.45, 2.75) is 31.8 Å². The van der Waals surface area contributed by atoms with Crippen LogP contribution in [0.2, 0.25) is 5.02 Å². The zero-order valence-electron chi connectivity index (χ0n) is 15.2. The average Bonchev–Trinajstić information content (AvgIpc) is 3.09. The normalized spacial score (nSPS) is 18.5. The van der Waals surface area contributed by atoms with Gasteiger partial charge in [0.25, 0.3) is 0 Å². The van der Waals surface area contributed by atoms with Gasteiger partial charge in [0, 0.05) is 11.1 Å². The molecule has 1 saturated heterocycles. The van der Waals surface area contributed by atoms with Crippen molar-refractivity contribution in [3.05, 3.63) is 64.7 Å². The fourth-order valence-corrected chi connectivity index (χ4v) is 3.77. The van der Waals surface area contributed by atoms with Gasteiger partial charge in [-0.25, -0.2) is 0 Å². The number of hydrogen-bond acceptors (Lipinski definition) is 3. The Bertz CT molecular complexity index is 765. The van der Waals surface area contributed by atoms with Crippen LogP contribution in [0.1, 0.15) is 43.0 Å². The molecule has 2 aromatic rings. The molecule has 0 aromatic heterocycles. The number of benzene rings is 2. The Morgan fingerprint density at radius 3 is 2.88 bits per heavy atom. The third kappa shape index (κ3) is 4.57. The molecule has 4 nitrogen and oxygen atoms in total.